The molecule has 14 heavy (non-hydrogen) atoms. The number of rotatable bonds is 2. The Hall–Kier alpha value is 0.340. The molecule has 0 aliphatic carbocycles. The Morgan fingerprint density at radius 2 is 1.36 bits per heavy atom. The Morgan fingerprint density at radius 3 is 1.79 bits per heavy atom. The highest BCUT2D eigenvalue weighted by molar-refractivity contribution is 6.50. The van der Waals surface area contributed by atoms with Gasteiger partial charge in [-0.3, -0.25) is 0 Å². The summed E-state index contributed by atoms with van der Waals surface area (Å²) < 4.78 is 0. The third kappa shape index (κ3) is 1.98. The lowest BCUT2D eigenvalue weighted by atomic mass is 10.1. The molecular formula is C9H9Cl4N. The summed E-state index contributed by atoms with van der Waals surface area (Å²) in [4.78, 5) is 0. The zero-order chi connectivity index (χ0) is 10.9. The molecule has 0 aliphatic rings. The van der Waals surface area contributed by atoms with Crippen molar-refractivity contribution in [3.63, 3.8) is 0 Å². The zero-order valence-electron chi connectivity index (χ0n) is 7.50. The minimum absolute atomic E-state index is 0.252. The van der Waals surface area contributed by atoms with E-state index in [4.69, 9.17) is 52.1 Å². The van der Waals surface area contributed by atoms with Gasteiger partial charge in [-0.2, -0.15) is 0 Å². The van der Waals surface area contributed by atoms with Crippen LogP contribution in [-0.4, -0.2) is 0 Å². The first-order valence-corrected chi connectivity index (χ1v) is 5.59. The van der Waals surface area contributed by atoms with Crippen molar-refractivity contribution < 1.29 is 0 Å². The van der Waals surface area contributed by atoms with Crippen LogP contribution in [0.3, 0.4) is 0 Å². The van der Waals surface area contributed by atoms with Gasteiger partial charge in [0.1, 0.15) is 0 Å². The summed E-state index contributed by atoms with van der Waals surface area (Å²) in [6.45, 7) is 2.19. The number of hydrogen-bond donors (Lipinski definition) is 1. The Morgan fingerprint density at radius 1 is 0.857 bits per heavy atom. The minimum Gasteiger partial charge on any atom is -0.326 e. The molecule has 0 spiro atoms. The summed E-state index contributed by atoms with van der Waals surface area (Å²) in [5.41, 5.74) is 6.97. The molecule has 78 valence electrons. The summed E-state index contributed by atoms with van der Waals surface area (Å²) in [6, 6.07) is 0. The standard InChI is InChI=1S/C9H9Cl4N/c1-2-4-6(10)5(3-14)8(12)9(13)7(4)11/h2-3,14H2,1H3. The lowest BCUT2D eigenvalue weighted by Crippen LogP contribution is -2.02. The molecule has 0 aromatic heterocycles. The van der Waals surface area contributed by atoms with Crippen molar-refractivity contribution in [2.24, 2.45) is 5.73 Å². The second-order valence-corrected chi connectivity index (χ2v) is 4.28. The molecule has 0 atom stereocenters. The van der Waals surface area contributed by atoms with E-state index in [0.29, 0.717) is 32.1 Å². The Labute approximate surface area is 103 Å². The first-order valence-electron chi connectivity index (χ1n) is 4.08. The first-order chi connectivity index (χ1) is 6.54. The molecule has 0 unspecified atom stereocenters. The summed E-state index contributed by atoms with van der Waals surface area (Å²) in [5, 5.41) is 1.62. The van der Waals surface area contributed by atoms with Crippen LogP contribution in [-0.2, 0) is 13.0 Å². The molecule has 1 nitrogen and oxygen atoms in total. The normalized spacial score (nSPS) is 10.7. The van der Waals surface area contributed by atoms with Gasteiger partial charge in [0, 0.05) is 12.1 Å². The Balaban J connectivity index is 3.56. The molecule has 0 fully saturated rings. The molecule has 0 saturated carbocycles. The lowest BCUT2D eigenvalue weighted by molar-refractivity contribution is 1.05. The number of nitrogens with two attached hydrogens (primary N) is 1. The van der Waals surface area contributed by atoms with Crippen LogP contribution in [0.25, 0.3) is 0 Å². The fourth-order valence-corrected chi connectivity index (χ4v) is 2.59. The van der Waals surface area contributed by atoms with Crippen molar-refractivity contribution in [1.29, 1.82) is 0 Å². The molecule has 0 heterocycles. The SMILES string of the molecule is CCc1c(Cl)c(Cl)c(Cl)c(CN)c1Cl. The van der Waals surface area contributed by atoms with E-state index in [-0.39, 0.29) is 6.54 Å². The molecular weight excluding hydrogens is 264 g/mol. The van der Waals surface area contributed by atoms with Crippen LogP contribution in [0.2, 0.25) is 20.1 Å². The van der Waals surface area contributed by atoms with E-state index in [1.165, 1.54) is 0 Å². The lowest BCUT2D eigenvalue weighted by Gasteiger charge is -2.13. The van der Waals surface area contributed by atoms with Gasteiger partial charge < -0.3 is 5.73 Å². The zero-order valence-corrected chi connectivity index (χ0v) is 10.5. The van der Waals surface area contributed by atoms with Crippen molar-refractivity contribution in [3.8, 4) is 0 Å². The number of halogens is 4. The summed E-state index contributed by atoms with van der Waals surface area (Å²) in [6.07, 6.45) is 0.696. The predicted octanol–water partition coefficient (Wildman–Crippen LogP) is 4.32. The predicted molar refractivity (Wildman–Crippen MR) is 63.8 cm³/mol. The topological polar surface area (TPSA) is 26.0 Å². The highest BCUT2D eigenvalue weighted by atomic mass is 35.5. The second kappa shape index (κ2) is 4.91. The first kappa shape index (κ1) is 12.4. The van der Waals surface area contributed by atoms with Crippen LogP contribution in [0.5, 0.6) is 0 Å². The van der Waals surface area contributed by atoms with Crippen molar-refractivity contribution in [1.82, 2.24) is 0 Å². The molecule has 2 N–H and O–H groups in total. The van der Waals surface area contributed by atoms with Gasteiger partial charge in [-0.1, -0.05) is 53.3 Å². The quantitative estimate of drug-likeness (QED) is 0.630. The van der Waals surface area contributed by atoms with E-state index in [1.807, 2.05) is 6.92 Å². The monoisotopic (exact) mass is 271 g/mol. The molecule has 5 heteroatoms. The molecule has 1 aromatic rings. The van der Waals surface area contributed by atoms with E-state index in [1.54, 1.807) is 0 Å². The van der Waals surface area contributed by atoms with Crippen LogP contribution in [0.15, 0.2) is 0 Å². The molecule has 0 bridgehead atoms. The van der Waals surface area contributed by atoms with Gasteiger partial charge in [0.25, 0.3) is 0 Å². The van der Waals surface area contributed by atoms with Crippen molar-refractivity contribution in [3.05, 3.63) is 31.2 Å². The largest absolute Gasteiger partial charge is 0.326 e. The molecule has 0 saturated heterocycles. The minimum atomic E-state index is 0.252. The smallest absolute Gasteiger partial charge is 0.0785 e. The fraction of sp³-hybridized carbons (Fsp3) is 0.333. The second-order valence-electron chi connectivity index (χ2n) is 2.77. The van der Waals surface area contributed by atoms with Crippen molar-refractivity contribution >= 4 is 46.4 Å². The highest BCUT2D eigenvalue weighted by Gasteiger charge is 2.17. The van der Waals surface area contributed by atoms with Crippen LogP contribution in [0.1, 0.15) is 18.1 Å². The maximum Gasteiger partial charge on any atom is 0.0785 e. The average Bonchev–Trinajstić information content (AvgIpc) is 2.16. The van der Waals surface area contributed by atoms with Crippen LogP contribution in [0.4, 0.5) is 0 Å². The highest BCUT2D eigenvalue weighted by Crippen LogP contribution is 2.41. The van der Waals surface area contributed by atoms with Crippen molar-refractivity contribution in [2.75, 3.05) is 0 Å². The molecule has 1 rings (SSSR count). The molecule has 0 amide bonds. The molecule has 0 aliphatic heterocycles. The van der Waals surface area contributed by atoms with Crippen molar-refractivity contribution in [2.45, 2.75) is 19.9 Å². The molecule has 0 radical (unpaired) electrons. The van der Waals surface area contributed by atoms with Crippen LogP contribution in [0, 0.1) is 0 Å². The number of benzene rings is 1. The van der Waals surface area contributed by atoms with Gasteiger partial charge in [-0.25, -0.2) is 0 Å². The van der Waals surface area contributed by atoms with Crippen LogP contribution < -0.4 is 5.73 Å². The number of hydrogen-bond acceptors (Lipinski definition) is 1. The maximum atomic E-state index is 6.08. The van der Waals surface area contributed by atoms with E-state index in [0.717, 1.165) is 5.56 Å². The van der Waals surface area contributed by atoms with Gasteiger partial charge >= 0.3 is 0 Å². The average molecular weight is 273 g/mol. The summed E-state index contributed by atoms with van der Waals surface area (Å²) >= 11 is 24.0. The summed E-state index contributed by atoms with van der Waals surface area (Å²) in [7, 11) is 0. The third-order valence-corrected chi connectivity index (χ3v) is 3.86. The molecule has 1 aromatic carbocycles. The Kier molecular flexibility index (Phi) is 4.35. The summed E-state index contributed by atoms with van der Waals surface area (Å²) in [5.74, 6) is 0. The fourth-order valence-electron chi connectivity index (χ4n) is 1.23. The Bertz CT molecular complexity index is 331. The van der Waals surface area contributed by atoms with Gasteiger partial charge in [0.15, 0.2) is 0 Å². The van der Waals surface area contributed by atoms with E-state index in [2.05, 4.69) is 0 Å². The van der Waals surface area contributed by atoms with E-state index < -0.39 is 0 Å². The third-order valence-electron chi connectivity index (χ3n) is 2.00. The maximum absolute atomic E-state index is 6.08. The van der Waals surface area contributed by atoms with Crippen LogP contribution >= 0.6 is 46.4 Å². The van der Waals surface area contributed by atoms with Gasteiger partial charge in [-0.15, -0.1) is 0 Å². The van der Waals surface area contributed by atoms with E-state index >= 15 is 0 Å². The van der Waals surface area contributed by atoms with Gasteiger partial charge in [-0.05, 0) is 12.0 Å². The van der Waals surface area contributed by atoms with Gasteiger partial charge in [0.05, 0.1) is 20.1 Å². The van der Waals surface area contributed by atoms with Gasteiger partial charge in [0.2, 0.25) is 0 Å². The van der Waals surface area contributed by atoms with E-state index in [9.17, 15) is 0 Å².